The average Bonchev–Trinajstić information content (AvgIpc) is 3.32. The minimum absolute atomic E-state index is 0.0562. The third kappa shape index (κ3) is 6.48. The van der Waals surface area contributed by atoms with Crippen LogP contribution in [0.4, 0.5) is 0 Å². The van der Waals surface area contributed by atoms with Gasteiger partial charge in [0.1, 0.15) is 18.1 Å². The summed E-state index contributed by atoms with van der Waals surface area (Å²) in [5.41, 5.74) is 2.42. The van der Waals surface area contributed by atoms with Gasteiger partial charge in [-0.3, -0.25) is 4.99 Å². The van der Waals surface area contributed by atoms with Gasteiger partial charge in [-0.05, 0) is 44.4 Å². The van der Waals surface area contributed by atoms with Gasteiger partial charge in [0.05, 0.1) is 13.4 Å². The fourth-order valence-electron chi connectivity index (χ4n) is 3.96. The van der Waals surface area contributed by atoms with Gasteiger partial charge in [-0.15, -0.1) is 0 Å². The summed E-state index contributed by atoms with van der Waals surface area (Å²) in [6.07, 6.45) is 4.43. The second kappa shape index (κ2) is 11.8. The van der Waals surface area contributed by atoms with Gasteiger partial charge in [0, 0.05) is 50.9 Å². The molecule has 0 amide bonds. The quantitative estimate of drug-likeness (QED) is 0.342. The van der Waals surface area contributed by atoms with Crippen LogP contribution in [0.15, 0.2) is 46.0 Å². The second-order valence-corrected chi connectivity index (χ2v) is 7.93. The van der Waals surface area contributed by atoms with E-state index in [2.05, 4.69) is 40.7 Å². The number of rotatable bonds is 10. The number of nitrogens with zero attached hydrogens (tertiary/aromatic N) is 1. The Morgan fingerprint density at radius 3 is 2.74 bits per heavy atom. The van der Waals surface area contributed by atoms with E-state index in [0.717, 1.165) is 63.0 Å². The molecule has 1 aliphatic rings. The molecule has 0 radical (unpaired) electrons. The highest BCUT2D eigenvalue weighted by Gasteiger charge is 2.37. The van der Waals surface area contributed by atoms with Crippen LogP contribution >= 0.6 is 0 Å². The van der Waals surface area contributed by atoms with Crippen molar-refractivity contribution in [3.8, 4) is 5.75 Å². The zero-order valence-corrected chi connectivity index (χ0v) is 18.9. The van der Waals surface area contributed by atoms with E-state index in [1.165, 1.54) is 11.1 Å². The highest BCUT2D eigenvalue weighted by Crippen LogP contribution is 2.40. The smallest absolute Gasteiger partial charge is 0.191 e. The molecule has 0 aliphatic carbocycles. The molecule has 1 fully saturated rings. The molecule has 0 saturated carbocycles. The van der Waals surface area contributed by atoms with Crippen molar-refractivity contribution in [1.29, 1.82) is 0 Å². The Bertz CT molecular complexity index is 814. The van der Waals surface area contributed by atoms with Crippen LogP contribution in [0.25, 0.3) is 0 Å². The van der Waals surface area contributed by atoms with Gasteiger partial charge in [0.2, 0.25) is 0 Å². The first-order chi connectivity index (χ1) is 15.2. The van der Waals surface area contributed by atoms with Crippen LogP contribution in [0.1, 0.15) is 36.1 Å². The van der Waals surface area contributed by atoms with Crippen molar-refractivity contribution in [2.24, 2.45) is 4.99 Å². The molecule has 7 heteroatoms. The predicted molar refractivity (Wildman–Crippen MR) is 122 cm³/mol. The summed E-state index contributed by atoms with van der Waals surface area (Å²) < 4.78 is 22.3. The molecule has 1 aromatic heterocycles. The fraction of sp³-hybridized carbons (Fsp3) is 0.542. The zero-order chi connectivity index (χ0) is 21.9. The summed E-state index contributed by atoms with van der Waals surface area (Å²) in [5, 5.41) is 6.92. The molecular weight excluding hydrogens is 394 g/mol. The molecule has 1 aromatic carbocycles. The summed E-state index contributed by atoms with van der Waals surface area (Å²) in [5.74, 6) is 2.58. The van der Waals surface area contributed by atoms with Crippen LogP contribution in [0.3, 0.4) is 0 Å². The Morgan fingerprint density at radius 1 is 1.19 bits per heavy atom. The van der Waals surface area contributed by atoms with Crippen LogP contribution in [-0.4, -0.2) is 53.0 Å². The van der Waals surface area contributed by atoms with E-state index in [1.807, 2.05) is 12.1 Å². The highest BCUT2D eigenvalue weighted by molar-refractivity contribution is 5.79. The van der Waals surface area contributed by atoms with Crippen molar-refractivity contribution in [3.05, 3.63) is 53.5 Å². The number of furan rings is 1. The monoisotopic (exact) mass is 429 g/mol. The number of guanidine groups is 1. The summed E-state index contributed by atoms with van der Waals surface area (Å²) in [7, 11) is 3.54. The van der Waals surface area contributed by atoms with Crippen LogP contribution in [-0.2, 0) is 21.5 Å². The van der Waals surface area contributed by atoms with Crippen molar-refractivity contribution in [2.45, 2.75) is 38.2 Å². The first-order valence-corrected chi connectivity index (χ1v) is 10.9. The molecule has 0 spiro atoms. The number of hydrogen-bond donors (Lipinski definition) is 2. The van der Waals surface area contributed by atoms with Gasteiger partial charge < -0.3 is 29.3 Å². The van der Waals surface area contributed by atoms with Crippen LogP contribution in [0.5, 0.6) is 5.75 Å². The zero-order valence-electron chi connectivity index (χ0n) is 18.9. The number of ether oxygens (including phenoxy) is 3. The predicted octanol–water partition coefficient (Wildman–Crippen LogP) is 3.42. The number of nitrogens with one attached hydrogen (secondary N) is 2. The summed E-state index contributed by atoms with van der Waals surface area (Å²) in [6.45, 7) is 6.33. The molecule has 0 unspecified atom stereocenters. The molecule has 0 bridgehead atoms. The molecule has 0 atom stereocenters. The van der Waals surface area contributed by atoms with Crippen molar-refractivity contribution < 1.29 is 18.6 Å². The average molecular weight is 430 g/mol. The van der Waals surface area contributed by atoms with E-state index in [-0.39, 0.29) is 5.41 Å². The van der Waals surface area contributed by atoms with Gasteiger partial charge in [-0.1, -0.05) is 17.7 Å². The van der Waals surface area contributed by atoms with E-state index in [4.69, 9.17) is 18.6 Å². The summed E-state index contributed by atoms with van der Waals surface area (Å²) in [6, 6.07) is 10.2. The van der Waals surface area contributed by atoms with Crippen molar-refractivity contribution in [1.82, 2.24) is 10.6 Å². The van der Waals surface area contributed by atoms with Gasteiger partial charge in [-0.2, -0.15) is 0 Å². The number of benzene rings is 1. The van der Waals surface area contributed by atoms with Crippen molar-refractivity contribution in [3.63, 3.8) is 0 Å². The lowest BCUT2D eigenvalue weighted by molar-refractivity contribution is 0.0505. The molecule has 7 nitrogen and oxygen atoms in total. The standard InChI is InChI=1S/C24H35N3O4/c1-19-7-8-22(28-3)21(16-19)24(9-14-29-15-10-24)18-27-23(25-2)26-11-5-12-30-17-20-6-4-13-31-20/h4,6-8,13,16H,5,9-12,14-15,17-18H2,1-3H3,(H2,25,26,27). The minimum atomic E-state index is -0.0562. The maximum atomic E-state index is 5.71. The number of methoxy groups -OCH3 is 1. The third-order valence-electron chi connectivity index (χ3n) is 5.78. The van der Waals surface area contributed by atoms with Crippen LogP contribution < -0.4 is 15.4 Å². The SMILES string of the molecule is CN=C(NCCCOCc1ccco1)NCC1(c2cc(C)ccc2OC)CCOCC1. The summed E-state index contributed by atoms with van der Waals surface area (Å²) >= 11 is 0. The lowest BCUT2D eigenvalue weighted by atomic mass is 9.73. The largest absolute Gasteiger partial charge is 0.496 e. The molecule has 2 N–H and O–H groups in total. The Labute approximate surface area is 185 Å². The number of hydrogen-bond acceptors (Lipinski definition) is 5. The van der Waals surface area contributed by atoms with Crippen molar-refractivity contribution in [2.75, 3.05) is 47.1 Å². The molecule has 1 aliphatic heterocycles. The molecule has 1 saturated heterocycles. The van der Waals surface area contributed by atoms with Crippen LogP contribution in [0.2, 0.25) is 0 Å². The maximum absolute atomic E-state index is 5.71. The normalized spacial score (nSPS) is 16.2. The van der Waals surface area contributed by atoms with Gasteiger partial charge >= 0.3 is 0 Å². The van der Waals surface area contributed by atoms with Crippen molar-refractivity contribution >= 4 is 5.96 Å². The van der Waals surface area contributed by atoms with E-state index < -0.39 is 0 Å². The lowest BCUT2D eigenvalue weighted by Crippen LogP contribution is -2.48. The van der Waals surface area contributed by atoms with E-state index in [0.29, 0.717) is 13.2 Å². The Kier molecular flexibility index (Phi) is 8.79. The lowest BCUT2D eigenvalue weighted by Gasteiger charge is -2.39. The first-order valence-electron chi connectivity index (χ1n) is 10.9. The Hall–Kier alpha value is -2.51. The molecule has 3 rings (SSSR count). The topological polar surface area (TPSA) is 77.3 Å². The second-order valence-electron chi connectivity index (χ2n) is 7.93. The number of aryl methyl sites for hydroxylation is 1. The molecule has 170 valence electrons. The van der Waals surface area contributed by atoms with E-state index in [1.54, 1.807) is 20.4 Å². The molecule has 2 aromatic rings. The van der Waals surface area contributed by atoms with Gasteiger partial charge in [0.15, 0.2) is 5.96 Å². The minimum Gasteiger partial charge on any atom is -0.496 e. The Balaban J connectivity index is 1.52. The summed E-state index contributed by atoms with van der Waals surface area (Å²) in [4.78, 5) is 4.39. The molecular formula is C24H35N3O4. The van der Waals surface area contributed by atoms with Gasteiger partial charge in [0.25, 0.3) is 0 Å². The van der Waals surface area contributed by atoms with E-state index in [9.17, 15) is 0 Å². The maximum Gasteiger partial charge on any atom is 0.191 e. The fourth-order valence-corrected chi connectivity index (χ4v) is 3.96. The first kappa shape index (κ1) is 23.2. The van der Waals surface area contributed by atoms with Gasteiger partial charge in [-0.25, -0.2) is 0 Å². The third-order valence-corrected chi connectivity index (χ3v) is 5.78. The number of aliphatic imine (C=N–C) groups is 1. The molecule has 2 heterocycles. The highest BCUT2D eigenvalue weighted by atomic mass is 16.5. The van der Waals surface area contributed by atoms with E-state index >= 15 is 0 Å². The van der Waals surface area contributed by atoms with Crippen LogP contribution in [0, 0.1) is 6.92 Å². The molecule has 31 heavy (non-hydrogen) atoms. The Morgan fingerprint density at radius 2 is 2.03 bits per heavy atom.